The summed E-state index contributed by atoms with van der Waals surface area (Å²) in [6.07, 6.45) is 1.29. The first-order valence-corrected chi connectivity index (χ1v) is 7.01. The van der Waals surface area contributed by atoms with Gasteiger partial charge in [-0.2, -0.15) is 4.39 Å². The van der Waals surface area contributed by atoms with Crippen LogP contribution in [0.25, 0.3) is 0 Å². The highest BCUT2D eigenvalue weighted by Gasteiger charge is 2.17. The number of carbonyl (C=O) groups excluding carboxylic acids is 1. The number of carbonyl (C=O) groups is 1. The number of nitrogens with zero attached hydrogens (tertiary/aromatic N) is 2. The fourth-order valence-corrected chi connectivity index (χ4v) is 2.48. The summed E-state index contributed by atoms with van der Waals surface area (Å²) in [5, 5.41) is 1.96. The van der Waals surface area contributed by atoms with Gasteiger partial charge in [-0.25, -0.2) is 4.98 Å². The zero-order valence-electron chi connectivity index (χ0n) is 11.1. The van der Waals surface area contributed by atoms with Gasteiger partial charge in [0, 0.05) is 36.4 Å². The Morgan fingerprint density at radius 3 is 3.00 bits per heavy atom. The fourth-order valence-electron chi connectivity index (χ4n) is 1.76. The maximum atomic E-state index is 13.1. The van der Waals surface area contributed by atoms with E-state index in [-0.39, 0.29) is 5.91 Å². The lowest BCUT2D eigenvalue weighted by Gasteiger charge is -2.21. The Morgan fingerprint density at radius 1 is 1.50 bits per heavy atom. The lowest BCUT2D eigenvalue weighted by atomic mass is 10.2. The van der Waals surface area contributed by atoms with Crippen molar-refractivity contribution in [3.63, 3.8) is 0 Å². The highest BCUT2D eigenvalue weighted by molar-refractivity contribution is 7.09. The highest BCUT2D eigenvalue weighted by Crippen LogP contribution is 2.14. The summed E-state index contributed by atoms with van der Waals surface area (Å²) in [6, 6.07) is 6.56. The molecule has 0 aliphatic carbocycles. The molecule has 2 rings (SSSR count). The van der Waals surface area contributed by atoms with Gasteiger partial charge in [0.15, 0.2) is 0 Å². The van der Waals surface area contributed by atoms with E-state index in [0.29, 0.717) is 25.3 Å². The molecule has 0 spiro atoms. The summed E-state index contributed by atoms with van der Waals surface area (Å²) < 4.78 is 18.1. The number of hydrogen-bond acceptors (Lipinski definition) is 4. The molecular formula is C14H15FN2O2S. The summed E-state index contributed by atoms with van der Waals surface area (Å²) >= 11 is 1.58. The van der Waals surface area contributed by atoms with Crippen LogP contribution in [0.2, 0.25) is 0 Å². The Hall–Kier alpha value is -1.79. The zero-order valence-corrected chi connectivity index (χ0v) is 11.9. The third-order valence-electron chi connectivity index (χ3n) is 2.75. The van der Waals surface area contributed by atoms with Crippen molar-refractivity contribution in [3.05, 3.63) is 52.2 Å². The average Bonchev–Trinajstić information content (AvgIpc) is 2.95. The topological polar surface area (TPSA) is 42.4 Å². The monoisotopic (exact) mass is 294 g/mol. The number of methoxy groups -OCH3 is 1. The molecule has 0 fully saturated rings. The standard InChI is InChI=1S/C14H15FN2O2S/c1-19-7-6-17(10-12-3-2-8-20-12)14(18)11-4-5-16-13(15)9-11/h2-5,8-9H,6-7,10H2,1H3. The molecule has 2 aromatic rings. The minimum atomic E-state index is -0.654. The molecule has 0 aliphatic rings. The van der Waals surface area contributed by atoms with Crippen molar-refractivity contribution in [1.29, 1.82) is 0 Å². The van der Waals surface area contributed by atoms with Crippen molar-refractivity contribution in [1.82, 2.24) is 9.88 Å². The molecule has 0 radical (unpaired) electrons. The summed E-state index contributed by atoms with van der Waals surface area (Å²) in [5.74, 6) is -0.879. The number of ether oxygens (including phenoxy) is 1. The molecule has 4 nitrogen and oxygen atoms in total. The second-order valence-corrected chi connectivity index (χ2v) is 5.20. The van der Waals surface area contributed by atoms with Gasteiger partial charge in [0.2, 0.25) is 5.95 Å². The molecule has 0 aromatic carbocycles. The van der Waals surface area contributed by atoms with Gasteiger partial charge in [-0.1, -0.05) is 6.07 Å². The normalized spacial score (nSPS) is 10.5. The third kappa shape index (κ3) is 3.85. The van der Waals surface area contributed by atoms with Gasteiger partial charge in [-0.15, -0.1) is 11.3 Å². The fraction of sp³-hybridized carbons (Fsp3) is 0.286. The van der Waals surface area contributed by atoms with E-state index in [9.17, 15) is 9.18 Å². The van der Waals surface area contributed by atoms with Crippen molar-refractivity contribution in [2.24, 2.45) is 0 Å². The Balaban J connectivity index is 2.14. The Kier molecular flexibility index (Phi) is 5.20. The number of rotatable bonds is 6. The Morgan fingerprint density at radius 2 is 2.35 bits per heavy atom. The van der Waals surface area contributed by atoms with Crippen molar-refractivity contribution >= 4 is 17.2 Å². The molecule has 2 heterocycles. The van der Waals surface area contributed by atoms with Gasteiger partial charge in [0.1, 0.15) is 0 Å². The van der Waals surface area contributed by atoms with Gasteiger partial charge in [-0.05, 0) is 17.5 Å². The number of thiophene rings is 1. The molecule has 20 heavy (non-hydrogen) atoms. The van der Waals surface area contributed by atoms with Gasteiger partial charge in [0.05, 0.1) is 13.2 Å². The van der Waals surface area contributed by atoms with Crippen LogP contribution in [0.5, 0.6) is 0 Å². The van der Waals surface area contributed by atoms with Crippen LogP contribution in [0.1, 0.15) is 15.2 Å². The molecule has 2 aromatic heterocycles. The second-order valence-electron chi connectivity index (χ2n) is 4.17. The lowest BCUT2D eigenvalue weighted by Crippen LogP contribution is -2.33. The van der Waals surface area contributed by atoms with E-state index in [2.05, 4.69) is 4.98 Å². The number of aromatic nitrogens is 1. The van der Waals surface area contributed by atoms with Crippen LogP contribution in [-0.2, 0) is 11.3 Å². The van der Waals surface area contributed by atoms with Crippen molar-refractivity contribution in [3.8, 4) is 0 Å². The molecule has 0 aliphatic heterocycles. The summed E-state index contributed by atoms with van der Waals surface area (Å²) in [5.41, 5.74) is 0.296. The van der Waals surface area contributed by atoms with E-state index in [1.54, 1.807) is 23.3 Å². The van der Waals surface area contributed by atoms with Crippen molar-refractivity contribution in [2.45, 2.75) is 6.54 Å². The van der Waals surface area contributed by atoms with Gasteiger partial charge in [0.25, 0.3) is 5.91 Å². The summed E-state index contributed by atoms with van der Waals surface area (Å²) in [7, 11) is 1.58. The molecule has 0 unspecified atom stereocenters. The summed E-state index contributed by atoms with van der Waals surface area (Å²) in [6.45, 7) is 1.38. The van der Waals surface area contributed by atoms with E-state index in [1.807, 2.05) is 17.5 Å². The smallest absolute Gasteiger partial charge is 0.254 e. The first-order valence-electron chi connectivity index (χ1n) is 6.13. The first-order chi connectivity index (χ1) is 9.70. The van der Waals surface area contributed by atoms with Gasteiger partial charge in [-0.3, -0.25) is 4.79 Å². The van der Waals surface area contributed by atoms with Crippen LogP contribution in [0.15, 0.2) is 35.8 Å². The number of halogens is 1. The van der Waals surface area contributed by atoms with E-state index in [4.69, 9.17) is 4.74 Å². The van der Waals surface area contributed by atoms with Gasteiger partial charge >= 0.3 is 0 Å². The Labute approximate surface area is 120 Å². The predicted molar refractivity (Wildman–Crippen MR) is 75.1 cm³/mol. The predicted octanol–water partition coefficient (Wildman–Crippen LogP) is 2.57. The minimum Gasteiger partial charge on any atom is -0.383 e. The van der Waals surface area contributed by atoms with Crippen LogP contribution in [-0.4, -0.2) is 36.1 Å². The van der Waals surface area contributed by atoms with Crippen molar-refractivity contribution < 1.29 is 13.9 Å². The van der Waals surface area contributed by atoms with Crippen LogP contribution in [0.4, 0.5) is 4.39 Å². The SMILES string of the molecule is COCCN(Cc1cccs1)C(=O)c1ccnc(F)c1. The van der Waals surface area contributed by atoms with Crippen LogP contribution >= 0.6 is 11.3 Å². The average molecular weight is 294 g/mol. The number of pyridine rings is 1. The quantitative estimate of drug-likeness (QED) is 0.769. The summed E-state index contributed by atoms with van der Waals surface area (Å²) in [4.78, 5) is 18.6. The second kappa shape index (κ2) is 7.12. The highest BCUT2D eigenvalue weighted by atomic mass is 32.1. The molecule has 6 heteroatoms. The van der Waals surface area contributed by atoms with Gasteiger partial charge < -0.3 is 9.64 Å². The number of hydrogen-bond donors (Lipinski definition) is 0. The maximum absolute atomic E-state index is 13.1. The molecule has 0 N–H and O–H groups in total. The largest absolute Gasteiger partial charge is 0.383 e. The molecule has 0 saturated heterocycles. The molecule has 106 valence electrons. The molecule has 0 bridgehead atoms. The first kappa shape index (κ1) is 14.6. The van der Waals surface area contributed by atoms with Crippen LogP contribution < -0.4 is 0 Å². The Bertz CT molecular complexity index is 560. The van der Waals surface area contributed by atoms with E-state index >= 15 is 0 Å². The molecular weight excluding hydrogens is 279 g/mol. The lowest BCUT2D eigenvalue weighted by molar-refractivity contribution is 0.0681. The van der Waals surface area contributed by atoms with Crippen LogP contribution in [0, 0.1) is 5.95 Å². The van der Waals surface area contributed by atoms with E-state index < -0.39 is 5.95 Å². The molecule has 0 saturated carbocycles. The van der Waals surface area contributed by atoms with Crippen molar-refractivity contribution in [2.75, 3.05) is 20.3 Å². The zero-order chi connectivity index (χ0) is 14.4. The number of amides is 1. The third-order valence-corrected chi connectivity index (χ3v) is 3.61. The van der Waals surface area contributed by atoms with E-state index in [0.717, 1.165) is 10.9 Å². The van der Waals surface area contributed by atoms with E-state index in [1.165, 1.54) is 12.3 Å². The molecule has 1 amide bonds. The minimum absolute atomic E-state index is 0.225. The van der Waals surface area contributed by atoms with Crippen LogP contribution in [0.3, 0.4) is 0 Å². The molecule has 0 atom stereocenters. The maximum Gasteiger partial charge on any atom is 0.254 e.